The molecule has 0 saturated carbocycles. The van der Waals surface area contributed by atoms with Crippen LogP contribution in [-0.2, 0) is 9.59 Å². The van der Waals surface area contributed by atoms with Gasteiger partial charge in [-0.25, -0.2) is 0 Å². The monoisotopic (exact) mass is 263 g/mol. The third kappa shape index (κ3) is 2.72. The van der Waals surface area contributed by atoms with Gasteiger partial charge in [0.2, 0.25) is 0 Å². The molecular formula is C10H17NO5S. The van der Waals surface area contributed by atoms with Crippen LogP contribution in [0.5, 0.6) is 0 Å². The summed E-state index contributed by atoms with van der Waals surface area (Å²) in [5.41, 5.74) is 0. The number of aliphatic hydroxyl groups excluding tert-OH is 1. The Morgan fingerprint density at radius 1 is 1.35 bits per heavy atom. The quantitative estimate of drug-likeness (QED) is 0.435. The summed E-state index contributed by atoms with van der Waals surface area (Å²) in [6.45, 7) is 3.12. The molecule has 0 bridgehead atoms. The molecule has 0 radical (unpaired) electrons. The largest absolute Gasteiger partial charge is 0.481 e. The molecule has 0 amide bonds. The van der Waals surface area contributed by atoms with Crippen molar-refractivity contribution < 1.29 is 24.9 Å². The van der Waals surface area contributed by atoms with Crippen molar-refractivity contribution >= 4 is 24.6 Å². The lowest BCUT2D eigenvalue weighted by Crippen LogP contribution is -2.47. The van der Waals surface area contributed by atoms with Crippen LogP contribution in [0.15, 0.2) is 0 Å². The Labute approximate surface area is 104 Å². The number of carboxylic acids is 2. The van der Waals surface area contributed by atoms with E-state index in [0.29, 0.717) is 0 Å². The van der Waals surface area contributed by atoms with Crippen molar-refractivity contribution in [3.63, 3.8) is 0 Å². The molecule has 0 aromatic rings. The van der Waals surface area contributed by atoms with Gasteiger partial charge >= 0.3 is 11.9 Å². The van der Waals surface area contributed by atoms with Crippen molar-refractivity contribution in [2.24, 2.45) is 11.8 Å². The van der Waals surface area contributed by atoms with Crippen molar-refractivity contribution in [2.75, 3.05) is 0 Å². The Kier molecular flexibility index (Phi) is 4.40. The van der Waals surface area contributed by atoms with Gasteiger partial charge < -0.3 is 15.3 Å². The van der Waals surface area contributed by atoms with Crippen LogP contribution in [0.25, 0.3) is 0 Å². The van der Waals surface area contributed by atoms with Crippen LogP contribution < -0.4 is 5.32 Å². The number of nitrogens with one attached hydrogen (secondary N) is 1. The van der Waals surface area contributed by atoms with Crippen LogP contribution in [0.3, 0.4) is 0 Å². The standard InChI is InChI=1S/C10H17NO5S/c1-3-6(5(4(2)12)9(13)14)11-7(8(3)17)10(15)16/h3-8,11-12,17H,1-2H3,(H,13,14)(H,15,16)/t3-,4-,5-,6-,7-,8-/m1/s1. The minimum absolute atomic E-state index is 0.255. The van der Waals surface area contributed by atoms with E-state index in [1.165, 1.54) is 6.92 Å². The van der Waals surface area contributed by atoms with Crippen LogP contribution in [-0.4, -0.2) is 50.7 Å². The fourth-order valence-electron chi connectivity index (χ4n) is 2.28. The third-order valence-corrected chi connectivity index (χ3v) is 4.04. The van der Waals surface area contributed by atoms with E-state index in [1.807, 2.05) is 0 Å². The fourth-order valence-corrected chi connectivity index (χ4v) is 2.68. The summed E-state index contributed by atoms with van der Waals surface area (Å²) < 4.78 is 0. The van der Waals surface area contributed by atoms with Gasteiger partial charge in [0.1, 0.15) is 6.04 Å². The number of hydrogen-bond donors (Lipinski definition) is 5. The van der Waals surface area contributed by atoms with Gasteiger partial charge in [0.05, 0.1) is 12.0 Å². The maximum Gasteiger partial charge on any atom is 0.321 e. The Morgan fingerprint density at radius 2 is 1.88 bits per heavy atom. The van der Waals surface area contributed by atoms with Crippen LogP contribution in [0, 0.1) is 11.8 Å². The topological polar surface area (TPSA) is 107 Å². The highest BCUT2D eigenvalue weighted by Gasteiger charge is 2.48. The van der Waals surface area contributed by atoms with Gasteiger partial charge in [0, 0.05) is 11.3 Å². The van der Waals surface area contributed by atoms with Gasteiger partial charge in [-0.2, -0.15) is 12.6 Å². The van der Waals surface area contributed by atoms with E-state index in [0.717, 1.165) is 0 Å². The number of aliphatic hydroxyl groups is 1. The maximum atomic E-state index is 11.1. The second-order valence-corrected chi connectivity index (χ2v) is 5.06. The van der Waals surface area contributed by atoms with E-state index < -0.39 is 41.3 Å². The van der Waals surface area contributed by atoms with Gasteiger partial charge in [-0.05, 0) is 12.8 Å². The van der Waals surface area contributed by atoms with Crippen LogP contribution >= 0.6 is 12.6 Å². The van der Waals surface area contributed by atoms with Gasteiger partial charge in [-0.1, -0.05) is 6.92 Å². The smallest absolute Gasteiger partial charge is 0.321 e. The average molecular weight is 263 g/mol. The molecule has 0 aromatic heterocycles. The summed E-state index contributed by atoms with van der Waals surface area (Å²) in [5.74, 6) is -3.50. The summed E-state index contributed by atoms with van der Waals surface area (Å²) in [5, 5.41) is 29.8. The zero-order valence-corrected chi connectivity index (χ0v) is 10.5. The van der Waals surface area contributed by atoms with E-state index in [-0.39, 0.29) is 5.92 Å². The molecule has 7 heteroatoms. The van der Waals surface area contributed by atoms with E-state index >= 15 is 0 Å². The van der Waals surface area contributed by atoms with E-state index in [1.54, 1.807) is 6.92 Å². The fraction of sp³-hybridized carbons (Fsp3) is 0.800. The number of carbonyl (C=O) groups is 2. The molecule has 1 heterocycles. The summed E-state index contributed by atoms with van der Waals surface area (Å²) in [6.07, 6.45) is -1.06. The zero-order valence-electron chi connectivity index (χ0n) is 9.57. The van der Waals surface area contributed by atoms with Crippen molar-refractivity contribution in [3.05, 3.63) is 0 Å². The number of carboxylic acid groups (broad SMARTS) is 2. The molecule has 1 aliphatic heterocycles. The normalized spacial score (nSPS) is 36.5. The lowest BCUT2D eigenvalue weighted by Gasteiger charge is -2.26. The van der Waals surface area contributed by atoms with Crippen molar-refractivity contribution in [2.45, 2.75) is 37.3 Å². The second-order valence-electron chi connectivity index (χ2n) is 4.46. The highest BCUT2D eigenvalue weighted by molar-refractivity contribution is 7.81. The number of hydrogen-bond acceptors (Lipinski definition) is 5. The van der Waals surface area contributed by atoms with Gasteiger partial charge in [0.15, 0.2) is 0 Å². The number of aliphatic carboxylic acids is 2. The molecule has 0 spiro atoms. The summed E-state index contributed by atoms with van der Waals surface area (Å²) >= 11 is 4.19. The van der Waals surface area contributed by atoms with Crippen molar-refractivity contribution in [1.82, 2.24) is 5.32 Å². The lowest BCUT2D eigenvalue weighted by molar-refractivity contribution is -0.147. The molecule has 0 aliphatic carbocycles. The Balaban J connectivity index is 2.92. The summed E-state index contributed by atoms with van der Waals surface area (Å²) in [4.78, 5) is 22.0. The highest BCUT2D eigenvalue weighted by atomic mass is 32.1. The molecule has 6 atom stereocenters. The average Bonchev–Trinajstić information content (AvgIpc) is 2.45. The molecule has 1 fully saturated rings. The minimum Gasteiger partial charge on any atom is -0.481 e. The van der Waals surface area contributed by atoms with Crippen molar-refractivity contribution in [1.29, 1.82) is 0 Å². The number of thiol groups is 1. The second kappa shape index (κ2) is 5.24. The first-order valence-electron chi connectivity index (χ1n) is 5.35. The Hall–Kier alpha value is -0.790. The Bertz CT molecular complexity index is 322. The van der Waals surface area contributed by atoms with Crippen LogP contribution in [0.1, 0.15) is 13.8 Å². The molecule has 1 saturated heterocycles. The van der Waals surface area contributed by atoms with Gasteiger partial charge in [-0.15, -0.1) is 0 Å². The van der Waals surface area contributed by atoms with Crippen LogP contribution in [0.4, 0.5) is 0 Å². The maximum absolute atomic E-state index is 11.1. The molecule has 98 valence electrons. The first-order chi connectivity index (χ1) is 7.77. The molecule has 1 rings (SSSR count). The first-order valence-corrected chi connectivity index (χ1v) is 5.86. The summed E-state index contributed by atoms with van der Waals surface area (Å²) in [6, 6.07) is -1.49. The molecule has 0 unspecified atom stereocenters. The number of rotatable bonds is 4. The van der Waals surface area contributed by atoms with Gasteiger partial charge in [0.25, 0.3) is 0 Å². The Morgan fingerprint density at radius 3 is 2.18 bits per heavy atom. The molecule has 1 aliphatic rings. The molecule has 4 N–H and O–H groups in total. The van der Waals surface area contributed by atoms with Crippen molar-refractivity contribution in [3.8, 4) is 0 Å². The molecular weight excluding hydrogens is 246 g/mol. The molecule has 0 aromatic carbocycles. The third-order valence-electron chi connectivity index (χ3n) is 3.28. The summed E-state index contributed by atoms with van der Waals surface area (Å²) in [7, 11) is 0. The lowest BCUT2D eigenvalue weighted by atomic mass is 9.87. The highest BCUT2D eigenvalue weighted by Crippen LogP contribution is 2.31. The van der Waals surface area contributed by atoms with E-state index in [2.05, 4.69) is 17.9 Å². The predicted molar refractivity (Wildman–Crippen MR) is 63.1 cm³/mol. The van der Waals surface area contributed by atoms with Crippen LogP contribution in [0.2, 0.25) is 0 Å². The first kappa shape index (κ1) is 14.3. The SMILES string of the molecule is C[C@H]1[C@@H](S)[C@H](C(=O)O)N[C@H]1[C@H](C(=O)O)[C@@H](C)O. The van der Waals surface area contributed by atoms with E-state index in [4.69, 9.17) is 10.2 Å². The predicted octanol–water partition coefficient (Wildman–Crippen LogP) is -0.573. The molecule has 17 heavy (non-hydrogen) atoms. The molecule has 6 nitrogen and oxygen atoms in total. The van der Waals surface area contributed by atoms with E-state index in [9.17, 15) is 14.7 Å². The van der Waals surface area contributed by atoms with Gasteiger partial charge in [-0.3, -0.25) is 14.9 Å². The minimum atomic E-state index is -1.14. The zero-order chi connectivity index (χ0) is 13.3.